The summed E-state index contributed by atoms with van der Waals surface area (Å²) in [5, 5.41) is 2.75. The lowest BCUT2D eigenvalue weighted by atomic mass is 10.1. The standard InChI is InChI=1S/C17H19N5O3/c1-24-14-5-2-4-12-9-21(6-3-7-25-16(12)14)10-13-8-15(23)22-17(20-13)18-11-19-22/h2,4-5,8,11H,3,6-7,9-10H2,1H3,(H,18,19,20). The first-order valence-corrected chi connectivity index (χ1v) is 8.17. The van der Waals surface area contributed by atoms with E-state index in [9.17, 15) is 4.79 Å². The van der Waals surface area contributed by atoms with Gasteiger partial charge in [-0.05, 0) is 12.5 Å². The minimum absolute atomic E-state index is 0.157. The van der Waals surface area contributed by atoms with Gasteiger partial charge < -0.3 is 9.47 Å². The number of hydrogen-bond donors (Lipinski definition) is 1. The second-order valence-electron chi connectivity index (χ2n) is 5.97. The Bertz CT molecular complexity index is 949. The van der Waals surface area contributed by atoms with Crippen LogP contribution in [0.3, 0.4) is 0 Å². The molecule has 0 aliphatic carbocycles. The van der Waals surface area contributed by atoms with Crippen LogP contribution in [0.5, 0.6) is 11.5 Å². The third-order valence-corrected chi connectivity index (χ3v) is 4.25. The number of aromatic amines is 1. The fourth-order valence-electron chi connectivity index (χ4n) is 3.11. The number of fused-ring (bicyclic) bond motifs is 2. The lowest BCUT2D eigenvalue weighted by molar-refractivity contribution is 0.194. The van der Waals surface area contributed by atoms with Crippen LogP contribution in [0.1, 0.15) is 17.7 Å². The Labute approximate surface area is 144 Å². The number of rotatable bonds is 3. The van der Waals surface area contributed by atoms with E-state index in [1.165, 1.54) is 10.8 Å². The molecule has 0 saturated carbocycles. The SMILES string of the molecule is COc1cccc2c1OCCCN(Cc1cc(=O)n3[nH]cnc3n1)C2. The Morgan fingerprint density at radius 1 is 1.40 bits per heavy atom. The van der Waals surface area contributed by atoms with Crippen molar-refractivity contribution < 1.29 is 9.47 Å². The number of para-hydroxylation sites is 1. The Morgan fingerprint density at radius 2 is 2.32 bits per heavy atom. The number of nitrogens with one attached hydrogen (secondary N) is 1. The summed E-state index contributed by atoms with van der Waals surface area (Å²) in [4.78, 5) is 22.9. The molecule has 0 amide bonds. The van der Waals surface area contributed by atoms with Crippen LogP contribution in [0.25, 0.3) is 5.78 Å². The molecule has 0 spiro atoms. The maximum absolute atomic E-state index is 12.1. The number of nitrogens with zero attached hydrogens (tertiary/aromatic N) is 4. The number of benzene rings is 1. The summed E-state index contributed by atoms with van der Waals surface area (Å²) in [6, 6.07) is 7.45. The maximum atomic E-state index is 12.1. The molecule has 1 N–H and O–H groups in total. The zero-order chi connectivity index (χ0) is 17.2. The molecule has 0 bridgehead atoms. The van der Waals surface area contributed by atoms with E-state index in [4.69, 9.17) is 9.47 Å². The number of ether oxygens (including phenoxy) is 2. The molecule has 0 radical (unpaired) electrons. The topological polar surface area (TPSA) is 84.8 Å². The van der Waals surface area contributed by atoms with Crippen LogP contribution >= 0.6 is 0 Å². The molecule has 8 heteroatoms. The zero-order valence-electron chi connectivity index (χ0n) is 13.9. The summed E-state index contributed by atoms with van der Waals surface area (Å²) in [6.45, 7) is 2.76. The lowest BCUT2D eigenvalue weighted by Crippen LogP contribution is -2.29. The van der Waals surface area contributed by atoms with Gasteiger partial charge in [0.2, 0.25) is 0 Å². The molecule has 130 valence electrons. The van der Waals surface area contributed by atoms with Crippen LogP contribution in [0.15, 0.2) is 35.4 Å². The molecule has 2 aromatic heterocycles. The number of H-pyrrole nitrogens is 1. The van der Waals surface area contributed by atoms with E-state index in [0.29, 0.717) is 31.2 Å². The highest BCUT2D eigenvalue weighted by Gasteiger charge is 2.18. The Balaban J connectivity index is 1.62. The van der Waals surface area contributed by atoms with Gasteiger partial charge in [-0.3, -0.25) is 14.8 Å². The first-order valence-electron chi connectivity index (χ1n) is 8.17. The van der Waals surface area contributed by atoms with Gasteiger partial charge in [0.05, 0.1) is 19.4 Å². The quantitative estimate of drug-likeness (QED) is 0.771. The van der Waals surface area contributed by atoms with E-state index in [1.54, 1.807) is 13.2 Å². The van der Waals surface area contributed by atoms with E-state index in [2.05, 4.69) is 20.0 Å². The van der Waals surface area contributed by atoms with Gasteiger partial charge in [-0.15, -0.1) is 0 Å². The fourth-order valence-corrected chi connectivity index (χ4v) is 3.11. The van der Waals surface area contributed by atoms with Gasteiger partial charge in [0, 0.05) is 31.3 Å². The van der Waals surface area contributed by atoms with Crippen molar-refractivity contribution in [1.82, 2.24) is 24.5 Å². The van der Waals surface area contributed by atoms with Gasteiger partial charge in [-0.25, -0.2) is 9.97 Å². The normalized spacial score (nSPS) is 15.2. The third kappa shape index (κ3) is 3.08. The molecule has 0 unspecified atom stereocenters. The van der Waals surface area contributed by atoms with E-state index in [-0.39, 0.29) is 5.56 Å². The second kappa shape index (κ2) is 6.56. The highest BCUT2D eigenvalue weighted by atomic mass is 16.5. The van der Waals surface area contributed by atoms with Gasteiger partial charge in [0.25, 0.3) is 11.3 Å². The van der Waals surface area contributed by atoms with Crippen molar-refractivity contribution in [2.24, 2.45) is 0 Å². The van der Waals surface area contributed by atoms with Crippen LogP contribution in [0, 0.1) is 0 Å². The maximum Gasteiger partial charge on any atom is 0.274 e. The molecule has 4 rings (SSSR count). The molecule has 1 aromatic carbocycles. The summed E-state index contributed by atoms with van der Waals surface area (Å²) >= 11 is 0. The Morgan fingerprint density at radius 3 is 3.20 bits per heavy atom. The van der Waals surface area contributed by atoms with Gasteiger partial charge >= 0.3 is 0 Å². The predicted molar refractivity (Wildman–Crippen MR) is 90.8 cm³/mol. The summed E-state index contributed by atoms with van der Waals surface area (Å²) in [6.07, 6.45) is 2.35. The van der Waals surface area contributed by atoms with Crippen molar-refractivity contribution in [2.75, 3.05) is 20.3 Å². The highest BCUT2D eigenvalue weighted by Crippen LogP contribution is 2.33. The summed E-state index contributed by atoms with van der Waals surface area (Å²) < 4.78 is 12.6. The van der Waals surface area contributed by atoms with E-state index in [0.717, 1.165) is 30.0 Å². The van der Waals surface area contributed by atoms with E-state index >= 15 is 0 Å². The van der Waals surface area contributed by atoms with Crippen LogP contribution in [0.2, 0.25) is 0 Å². The van der Waals surface area contributed by atoms with Crippen molar-refractivity contribution in [3.8, 4) is 11.5 Å². The Hall–Kier alpha value is -2.87. The van der Waals surface area contributed by atoms with Gasteiger partial charge in [-0.1, -0.05) is 12.1 Å². The molecular weight excluding hydrogens is 322 g/mol. The average Bonchev–Trinajstić information content (AvgIpc) is 3.06. The summed E-state index contributed by atoms with van der Waals surface area (Å²) in [5.41, 5.74) is 1.62. The van der Waals surface area contributed by atoms with Gasteiger partial charge in [-0.2, -0.15) is 4.52 Å². The molecule has 0 atom stereocenters. The van der Waals surface area contributed by atoms with Crippen molar-refractivity contribution in [3.05, 3.63) is 52.2 Å². The summed E-state index contributed by atoms with van der Waals surface area (Å²) in [5.74, 6) is 1.93. The van der Waals surface area contributed by atoms with Crippen molar-refractivity contribution >= 4 is 5.78 Å². The molecule has 8 nitrogen and oxygen atoms in total. The molecule has 0 fully saturated rings. The van der Waals surface area contributed by atoms with Crippen LogP contribution < -0.4 is 15.0 Å². The number of aromatic nitrogens is 4. The smallest absolute Gasteiger partial charge is 0.274 e. The largest absolute Gasteiger partial charge is 0.493 e. The highest BCUT2D eigenvalue weighted by molar-refractivity contribution is 5.46. The average molecular weight is 341 g/mol. The summed E-state index contributed by atoms with van der Waals surface area (Å²) in [7, 11) is 1.64. The fraction of sp³-hybridized carbons (Fsp3) is 0.353. The minimum Gasteiger partial charge on any atom is -0.493 e. The number of methoxy groups -OCH3 is 1. The first kappa shape index (κ1) is 15.6. The van der Waals surface area contributed by atoms with Crippen LogP contribution in [-0.4, -0.2) is 44.7 Å². The van der Waals surface area contributed by atoms with Crippen molar-refractivity contribution in [1.29, 1.82) is 0 Å². The van der Waals surface area contributed by atoms with Gasteiger partial charge in [0.15, 0.2) is 11.5 Å². The molecule has 1 aliphatic rings. The first-order chi connectivity index (χ1) is 12.2. The molecule has 0 saturated heterocycles. The zero-order valence-corrected chi connectivity index (χ0v) is 13.9. The number of hydrogen-bond acceptors (Lipinski definition) is 6. The molecule has 3 heterocycles. The molecule has 3 aromatic rings. The predicted octanol–water partition coefficient (Wildman–Crippen LogP) is 1.21. The minimum atomic E-state index is -0.157. The lowest BCUT2D eigenvalue weighted by Gasteiger charge is -2.26. The monoisotopic (exact) mass is 341 g/mol. The van der Waals surface area contributed by atoms with E-state index < -0.39 is 0 Å². The van der Waals surface area contributed by atoms with Crippen LogP contribution in [-0.2, 0) is 13.1 Å². The molecule has 1 aliphatic heterocycles. The van der Waals surface area contributed by atoms with E-state index in [1.807, 2.05) is 18.2 Å². The third-order valence-electron chi connectivity index (χ3n) is 4.25. The van der Waals surface area contributed by atoms with Crippen molar-refractivity contribution in [2.45, 2.75) is 19.5 Å². The van der Waals surface area contributed by atoms with Gasteiger partial charge in [0.1, 0.15) is 6.33 Å². The Kier molecular flexibility index (Phi) is 4.10. The molecular formula is C17H19N5O3. The second-order valence-corrected chi connectivity index (χ2v) is 5.97. The van der Waals surface area contributed by atoms with Crippen molar-refractivity contribution in [3.63, 3.8) is 0 Å². The van der Waals surface area contributed by atoms with Crippen LogP contribution in [0.4, 0.5) is 0 Å². The molecule has 25 heavy (non-hydrogen) atoms.